The fourth-order valence-corrected chi connectivity index (χ4v) is 1.94. The topological polar surface area (TPSA) is 70.1 Å². The maximum atomic E-state index is 8.86. The lowest BCUT2D eigenvalue weighted by Crippen LogP contribution is -2.14. The van der Waals surface area contributed by atoms with Crippen LogP contribution in [0.25, 0.3) is 0 Å². The van der Waals surface area contributed by atoms with Gasteiger partial charge >= 0.3 is 0 Å². The first-order valence-electron chi connectivity index (χ1n) is 6.28. The SMILES string of the molecule is CCCNc1ncnc(NCC(C)CCO)c1Br. The minimum absolute atomic E-state index is 0.219. The van der Waals surface area contributed by atoms with Gasteiger partial charge in [-0.2, -0.15) is 0 Å². The number of hydrogen-bond donors (Lipinski definition) is 3. The lowest BCUT2D eigenvalue weighted by atomic mass is 10.1. The molecule has 102 valence electrons. The predicted octanol–water partition coefficient (Wildman–Crippen LogP) is 2.49. The molecule has 1 rings (SSSR count). The molecule has 6 heteroatoms. The molecule has 0 spiro atoms. The Morgan fingerprint density at radius 3 is 2.61 bits per heavy atom. The first-order valence-corrected chi connectivity index (χ1v) is 7.07. The van der Waals surface area contributed by atoms with E-state index in [1.54, 1.807) is 6.33 Å². The van der Waals surface area contributed by atoms with E-state index in [-0.39, 0.29) is 6.61 Å². The van der Waals surface area contributed by atoms with Crippen LogP contribution in [0.5, 0.6) is 0 Å². The van der Waals surface area contributed by atoms with E-state index in [0.29, 0.717) is 5.92 Å². The Morgan fingerprint density at radius 2 is 2.00 bits per heavy atom. The monoisotopic (exact) mass is 316 g/mol. The van der Waals surface area contributed by atoms with Gasteiger partial charge in [-0.05, 0) is 34.7 Å². The highest BCUT2D eigenvalue weighted by molar-refractivity contribution is 9.10. The van der Waals surface area contributed by atoms with E-state index in [9.17, 15) is 0 Å². The number of nitrogens with one attached hydrogen (secondary N) is 2. The van der Waals surface area contributed by atoms with E-state index >= 15 is 0 Å². The standard InChI is InChI=1S/C12H21BrN4O/c1-3-5-14-11-10(13)12(17-8-16-11)15-7-9(2)4-6-18/h8-9,18H,3-7H2,1-2H3,(H2,14,15,16,17). The second kappa shape index (κ2) is 8.26. The van der Waals surface area contributed by atoms with Crippen molar-refractivity contribution in [2.24, 2.45) is 5.92 Å². The van der Waals surface area contributed by atoms with Gasteiger partial charge in [0.05, 0.1) is 0 Å². The lowest BCUT2D eigenvalue weighted by Gasteiger charge is -2.14. The van der Waals surface area contributed by atoms with Crippen LogP contribution >= 0.6 is 15.9 Å². The summed E-state index contributed by atoms with van der Waals surface area (Å²) in [5.41, 5.74) is 0. The van der Waals surface area contributed by atoms with Crippen molar-refractivity contribution in [1.82, 2.24) is 9.97 Å². The molecule has 1 unspecified atom stereocenters. The van der Waals surface area contributed by atoms with Crippen LogP contribution in [0.3, 0.4) is 0 Å². The Hall–Kier alpha value is -0.880. The maximum absolute atomic E-state index is 8.86. The van der Waals surface area contributed by atoms with Crippen molar-refractivity contribution >= 4 is 27.6 Å². The van der Waals surface area contributed by atoms with E-state index in [2.05, 4.69) is 50.4 Å². The van der Waals surface area contributed by atoms with Crippen LogP contribution in [0, 0.1) is 5.92 Å². The third-order valence-electron chi connectivity index (χ3n) is 2.57. The predicted molar refractivity (Wildman–Crippen MR) is 77.9 cm³/mol. The van der Waals surface area contributed by atoms with Crippen molar-refractivity contribution < 1.29 is 5.11 Å². The van der Waals surface area contributed by atoms with Crippen LogP contribution in [-0.4, -0.2) is 34.8 Å². The summed E-state index contributed by atoms with van der Waals surface area (Å²) < 4.78 is 0.856. The van der Waals surface area contributed by atoms with Gasteiger partial charge in [0.15, 0.2) is 0 Å². The Kier molecular flexibility index (Phi) is 6.97. The molecule has 18 heavy (non-hydrogen) atoms. The van der Waals surface area contributed by atoms with Crippen molar-refractivity contribution in [1.29, 1.82) is 0 Å². The van der Waals surface area contributed by atoms with Crippen molar-refractivity contribution in [2.45, 2.75) is 26.7 Å². The number of aliphatic hydroxyl groups is 1. The van der Waals surface area contributed by atoms with Crippen molar-refractivity contribution in [2.75, 3.05) is 30.3 Å². The Labute approximate surface area is 117 Å². The average molecular weight is 317 g/mol. The highest BCUT2D eigenvalue weighted by Gasteiger charge is 2.09. The molecule has 1 atom stereocenters. The van der Waals surface area contributed by atoms with E-state index in [1.807, 2.05) is 0 Å². The van der Waals surface area contributed by atoms with E-state index in [1.165, 1.54) is 0 Å². The number of nitrogens with zero attached hydrogens (tertiary/aromatic N) is 2. The third kappa shape index (κ3) is 4.78. The molecule has 1 heterocycles. The number of hydrogen-bond acceptors (Lipinski definition) is 5. The molecule has 0 aliphatic rings. The number of aromatic nitrogens is 2. The summed E-state index contributed by atoms with van der Waals surface area (Å²) in [5, 5.41) is 15.4. The minimum atomic E-state index is 0.219. The van der Waals surface area contributed by atoms with Crippen LogP contribution in [0.4, 0.5) is 11.6 Å². The molecule has 0 saturated carbocycles. The highest BCUT2D eigenvalue weighted by atomic mass is 79.9. The zero-order valence-electron chi connectivity index (χ0n) is 10.9. The van der Waals surface area contributed by atoms with Crippen LogP contribution in [0.15, 0.2) is 10.8 Å². The molecule has 1 aromatic heterocycles. The number of anilines is 2. The number of aliphatic hydroxyl groups excluding tert-OH is 1. The molecule has 0 amide bonds. The molecule has 1 aromatic rings. The molecule has 0 aliphatic heterocycles. The van der Waals surface area contributed by atoms with Crippen molar-refractivity contribution in [3.8, 4) is 0 Å². The van der Waals surface area contributed by atoms with Crippen molar-refractivity contribution in [3.63, 3.8) is 0 Å². The summed E-state index contributed by atoms with van der Waals surface area (Å²) in [6.45, 7) is 6.09. The van der Waals surface area contributed by atoms with E-state index in [4.69, 9.17) is 5.11 Å². The minimum Gasteiger partial charge on any atom is -0.396 e. The van der Waals surface area contributed by atoms with Gasteiger partial charge in [-0.25, -0.2) is 9.97 Å². The highest BCUT2D eigenvalue weighted by Crippen LogP contribution is 2.26. The number of rotatable bonds is 8. The summed E-state index contributed by atoms with van der Waals surface area (Å²) in [5.74, 6) is 2.00. The average Bonchev–Trinajstić information content (AvgIpc) is 2.36. The first-order chi connectivity index (χ1) is 8.69. The van der Waals surface area contributed by atoms with E-state index in [0.717, 1.165) is 42.0 Å². The second-order valence-corrected chi connectivity index (χ2v) is 5.10. The van der Waals surface area contributed by atoms with Gasteiger partial charge in [0.25, 0.3) is 0 Å². The molecule has 0 saturated heterocycles. The summed E-state index contributed by atoms with van der Waals surface area (Å²) >= 11 is 3.50. The zero-order valence-corrected chi connectivity index (χ0v) is 12.5. The molecular formula is C12H21BrN4O. The zero-order chi connectivity index (χ0) is 13.4. The van der Waals surface area contributed by atoms with Gasteiger partial charge in [-0.15, -0.1) is 0 Å². The van der Waals surface area contributed by atoms with Gasteiger partial charge in [0.1, 0.15) is 22.4 Å². The molecule has 0 radical (unpaired) electrons. The van der Waals surface area contributed by atoms with Gasteiger partial charge in [0, 0.05) is 19.7 Å². The van der Waals surface area contributed by atoms with Gasteiger partial charge in [0.2, 0.25) is 0 Å². The largest absolute Gasteiger partial charge is 0.396 e. The molecule has 5 nitrogen and oxygen atoms in total. The summed E-state index contributed by atoms with van der Waals surface area (Å²) in [7, 11) is 0. The number of halogens is 1. The molecule has 3 N–H and O–H groups in total. The fourth-order valence-electron chi connectivity index (χ4n) is 1.45. The van der Waals surface area contributed by atoms with Crippen LogP contribution < -0.4 is 10.6 Å². The Bertz CT molecular complexity index is 362. The lowest BCUT2D eigenvalue weighted by molar-refractivity contribution is 0.266. The van der Waals surface area contributed by atoms with Gasteiger partial charge in [-0.3, -0.25) is 0 Å². The summed E-state index contributed by atoms with van der Waals surface area (Å²) in [6.07, 6.45) is 3.38. The van der Waals surface area contributed by atoms with Gasteiger partial charge < -0.3 is 15.7 Å². The summed E-state index contributed by atoms with van der Waals surface area (Å²) in [6, 6.07) is 0. The van der Waals surface area contributed by atoms with E-state index < -0.39 is 0 Å². The molecule has 0 bridgehead atoms. The van der Waals surface area contributed by atoms with Crippen LogP contribution in [0.1, 0.15) is 26.7 Å². The smallest absolute Gasteiger partial charge is 0.145 e. The maximum Gasteiger partial charge on any atom is 0.145 e. The molecule has 0 aromatic carbocycles. The van der Waals surface area contributed by atoms with Crippen molar-refractivity contribution in [3.05, 3.63) is 10.8 Å². The van der Waals surface area contributed by atoms with Crippen LogP contribution in [-0.2, 0) is 0 Å². The molecular weight excluding hydrogens is 296 g/mol. The summed E-state index contributed by atoms with van der Waals surface area (Å²) in [4.78, 5) is 8.40. The second-order valence-electron chi connectivity index (χ2n) is 4.31. The molecule has 0 aliphatic carbocycles. The first kappa shape index (κ1) is 15.2. The fraction of sp³-hybridized carbons (Fsp3) is 0.667. The Balaban J connectivity index is 2.60. The molecule has 0 fully saturated rings. The quantitative estimate of drug-likeness (QED) is 0.687. The normalized spacial score (nSPS) is 12.2. The van der Waals surface area contributed by atoms with Gasteiger partial charge in [-0.1, -0.05) is 13.8 Å². The Morgan fingerprint density at radius 1 is 1.33 bits per heavy atom. The third-order valence-corrected chi connectivity index (χ3v) is 3.32. The van der Waals surface area contributed by atoms with Crippen LogP contribution in [0.2, 0.25) is 0 Å².